The zero-order valence-corrected chi connectivity index (χ0v) is 11.1. The maximum atomic E-state index is 12.3. The highest BCUT2D eigenvalue weighted by molar-refractivity contribution is 5.93. The van der Waals surface area contributed by atoms with E-state index in [0.717, 1.165) is 23.5 Å². The quantitative estimate of drug-likeness (QED) is 0.864. The highest BCUT2D eigenvalue weighted by Gasteiger charge is 2.26. The molecule has 0 radical (unpaired) electrons. The normalized spacial score (nSPS) is 16.8. The molecule has 0 fully saturated rings. The Kier molecular flexibility index (Phi) is 2.78. The molecule has 2 N–H and O–H groups in total. The molecule has 0 saturated heterocycles. The van der Waals surface area contributed by atoms with Gasteiger partial charge in [0.2, 0.25) is 0 Å². The molecule has 2 heterocycles. The van der Waals surface area contributed by atoms with Gasteiger partial charge in [-0.2, -0.15) is 0 Å². The molecular formula is C15H17N3O. The Morgan fingerprint density at radius 2 is 1.89 bits per heavy atom. The van der Waals surface area contributed by atoms with Gasteiger partial charge in [0.1, 0.15) is 6.04 Å². The Morgan fingerprint density at radius 3 is 2.58 bits per heavy atom. The van der Waals surface area contributed by atoms with E-state index in [1.807, 2.05) is 48.9 Å². The Hall–Kier alpha value is -2.23. The van der Waals surface area contributed by atoms with E-state index in [4.69, 9.17) is 0 Å². The highest BCUT2D eigenvalue weighted by Crippen LogP contribution is 2.25. The Bertz CT molecular complexity index is 586. The summed E-state index contributed by atoms with van der Waals surface area (Å²) in [5.41, 5.74) is 7.27. The molecule has 1 unspecified atom stereocenters. The van der Waals surface area contributed by atoms with Crippen LogP contribution in [0.3, 0.4) is 0 Å². The molecule has 1 atom stereocenters. The van der Waals surface area contributed by atoms with E-state index in [1.165, 1.54) is 5.56 Å². The summed E-state index contributed by atoms with van der Waals surface area (Å²) < 4.78 is 1.83. The third-order valence-electron chi connectivity index (χ3n) is 3.58. The molecule has 1 amide bonds. The van der Waals surface area contributed by atoms with Gasteiger partial charge in [-0.1, -0.05) is 18.2 Å². The fourth-order valence-electron chi connectivity index (χ4n) is 2.49. The molecule has 1 aliphatic rings. The zero-order chi connectivity index (χ0) is 13.4. The minimum Gasteiger partial charge on any atom is -0.373 e. The average molecular weight is 255 g/mol. The van der Waals surface area contributed by atoms with Gasteiger partial charge in [-0.05, 0) is 37.6 Å². The number of para-hydroxylation sites is 1. The number of aryl methyl sites for hydroxylation is 2. The van der Waals surface area contributed by atoms with Gasteiger partial charge >= 0.3 is 0 Å². The third-order valence-corrected chi connectivity index (χ3v) is 3.58. The molecule has 1 aliphatic heterocycles. The predicted molar refractivity (Wildman–Crippen MR) is 75.8 cm³/mol. The number of rotatable bonds is 2. The zero-order valence-electron chi connectivity index (χ0n) is 11.1. The van der Waals surface area contributed by atoms with Gasteiger partial charge in [0, 0.05) is 23.5 Å². The van der Waals surface area contributed by atoms with E-state index in [9.17, 15) is 4.79 Å². The summed E-state index contributed by atoms with van der Waals surface area (Å²) in [4.78, 5) is 12.3. The van der Waals surface area contributed by atoms with Crippen LogP contribution < -0.4 is 10.7 Å². The van der Waals surface area contributed by atoms with Crippen molar-refractivity contribution < 1.29 is 4.79 Å². The van der Waals surface area contributed by atoms with Gasteiger partial charge in [-0.25, -0.2) is 0 Å². The maximum absolute atomic E-state index is 12.3. The number of carbonyl (C=O) groups excluding carboxylic acids is 1. The third kappa shape index (κ3) is 2.10. The number of anilines is 1. The van der Waals surface area contributed by atoms with Crippen molar-refractivity contribution in [2.45, 2.75) is 26.3 Å². The lowest BCUT2D eigenvalue weighted by molar-refractivity contribution is -0.117. The second-order valence-corrected chi connectivity index (χ2v) is 4.99. The van der Waals surface area contributed by atoms with Gasteiger partial charge in [-0.15, -0.1) is 0 Å². The monoisotopic (exact) mass is 255 g/mol. The van der Waals surface area contributed by atoms with Crippen molar-refractivity contribution in [3.8, 4) is 0 Å². The SMILES string of the molecule is Cc1ccc(C)n1NC(=O)C1Cc2ccccc2N1. The molecule has 0 spiro atoms. The number of aromatic nitrogens is 1. The van der Waals surface area contributed by atoms with Crippen LogP contribution in [0.4, 0.5) is 5.69 Å². The fourth-order valence-corrected chi connectivity index (χ4v) is 2.49. The molecule has 19 heavy (non-hydrogen) atoms. The summed E-state index contributed by atoms with van der Waals surface area (Å²) in [7, 11) is 0. The van der Waals surface area contributed by atoms with Crippen LogP contribution in [0, 0.1) is 13.8 Å². The number of nitrogens with one attached hydrogen (secondary N) is 2. The molecule has 2 aromatic rings. The highest BCUT2D eigenvalue weighted by atomic mass is 16.2. The first kappa shape index (κ1) is 11.8. The Labute approximate surface area is 112 Å². The largest absolute Gasteiger partial charge is 0.373 e. The molecule has 0 saturated carbocycles. The number of hydrogen-bond donors (Lipinski definition) is 2. The van der Waals surface area contributed by atoms with Gasteiger partial charge in [0.15, 0.2) is 0 Å². The lowest BCUT2D eigenvalue weighted by atomic mass is 10.1. The van der Waals surface area contributed by atoms with E-state index in [1.54, 1.807) is 0 Å². The van der Waals surface area contributed by atoms with Crippen LogP contribution in [0.25, 0.3) is 0 Å². The smallest absolute Gasteiger partial charge is 0.261 e. The summed E-state index contributed by atoms with van der Waals surface area (Å²) in [6.07, 6.45) is 0.737. The molecule has 0 aliphatic carbocycles. The van der Waals surface area contributed by atoms with Crippen LogP contribution in [0.15, 0.2) is 36.4 Å². The van der Waals surface area contributed by atoms with E-state index in [0.29, 0.717) is 0 Å². The van der Waals surface area contributed by atoms with Crippen molar-refractivity contribution in [1.29, 1.82) is 0 Å². The van der Waals surface area contributed by atoms with Crippen molar-refractivity contribution in [3.63, 3.8) is 0 Å². The number of benzene rings is 1. The summed E-state index contributed by atoms with van der Waals surface area (Å²) in [6.45, 7) is 3.95. The number of carbonyl (C=O) groups is 1. The first-order chi connectivity index (χ1) is 9.15. The van der Waals surface area contributed by atoms with Crippen LogP contribution in [0.2, 0.25) is 0 Å². The number of nitrogens with zero attached hydrogens (tertiary/aromatic N) is 1. The van der Waals surface area contributed by atoms with Gasteiger partial charge < -0.3 is 5.32 Å². The Morgan fingerprint density at radius 1 is 1.21 bits per heavy atom. The second-order valence-electron chi connectivity index (χ2n) is 4.99. The second kappa shape index (κ2) is 4.46. The van der Waals surface area contributed by atoms with Crippen molar-refractivity contribution in [2.75, 3.05) is 10.7 Å². The lowest BCUT2D eigenvalue weighted by Gasteiger charge is -2.15. The lowest BCUT2D eigenvalue weighted by Crippen LogP contribution is -2.37. The van der Waals surface area contributed by atoms with Crippen LogP contribution in [-0.4, -0.2) is 16.6 Å². The minimum absolute atomic E-state index is 0.00130. The topological polar surface area (TPSA) is 46.1 Å². The van der Waals surface area contributed by atoms with Crippen molar-refractivity contribution >= 4 is 11.6 Å². The average Bonchev–Trinajstić information content (AvgIpc) is 2.97. The summed E-state index contributed by atoms with van der Waals surface area (Å²) in [6, 6.07) is 11.8. The van der Waals surface area contributed by atoms with E-state index in [-0.39, 0.29) is 11.9 Å². The van der Waals surface area contributed by atoms with Crippen molar-refractivity contribution in [2.24, 2.45) is 0 Å². The summed E-state index contributed by atoms with van der Waals surface area (Å²) in [5, 5.41) is 3.26. The molecule has 1 aromatic heterocycles. The van der Waals surface area contributed by atoms with Crippen LogP contribution >= 0.6 is 0 Å². The molecule has 0 bridgehead atoms. The maximum Gasteiger partial charge on any atom is 0.261 e. The standard InChI is InChI=1S/C15H17N3O/c1-10-7-8-11(2)18(10)17-15(19)14-9-12-5-3-4-6-13(12)16-14/h3-8,14,16H,9H2,1-2H3,(H,17,19). The molecule has 98 valence electrons. The summed E-state index contributed by atoms with van der Waals surface area (Å²) >= 11 is 0. The molecule has 4 nitrogen and oxygen atoms in total. The number of amides is 1. The van der Waals surface area contributed by atoms with Crippen molar-refractivity contribution in [1.82, 2.24) is 4.68 Å². The molecule has 3 rings (SSSR count). The van der Waals surface area contributed by atoms with E-state index >= 15 is 0 Å². The number of hydrogen-bond acceptors (Lipinski definition) is 2. The first-order valence-corrected chi connectivity index (χ1v) is 6.45. The van der Waals surface area contributed by atoms with Crippen LogP contribution in [0.5, 0.6) is 0 Å². The van der Waals surface area contributed by atoms with Gasteiger partial charge in [-0.3, -0.25) is 14.9 Å². The van der Waals surface area contributed by atoms with E-state index < -0.39 is 0 Å². The minimum atomic E-state index is -0.196. The molecule has 4 heteroatoms. The van der Waals surface area contributed by atoms with Crippen LogP contribution in [-0.2, 0) is 11.2 Å². The van der Waals surface area contributed by atoms with Crippen molar-refractivity contribution in [3.05, 3.63) is 53.3 Å². The fraction of sp³-hybridized carbons (Fsp3) is 0.267. The molecular weight excluding hydrogens is 238 g/mol. The van der Waals surface area contributed by atoms with E-state index in [2.05, 4.69) is 16.8 Å². The van der Waals surface area contributed by atoms with Gasteiger partial charge in [0.05, 0.1) is 0 Å². The Balaban J connectivity index is 1.74. The van der Waals surface area contributed by atoms with Gasteiger partial charge in [0.25, 0.3) is 5.91 Å². The first-order valence-electron chi connectivity index (χ1n) is 6.45. The summed E-state index contributed by atoms with van der Waals surface area (Å²) in [5.74, 6) is -0.00130. The predicted octanol–water partition coefficient (Wildman–Crippen LogP) is 2.21. The molecule has 1 aromatic carbocycles. The number of fused-ring (bicyclic) bond motifs is 1. The van der Waals surface area contributed by atoms with Crippen LogP contribution in [0.1, 0.15) is 17.0 Å².